The zero-order valence-electron chi connectivity index (χ0n) is 12.0. The molecule has 0 radical (unpaired) electrons. The van der Waals surface area contributed by atoms with Crippen molar-refractivity contribution in [1.82, 2.24) is 5.32 Å². The van der Waals surface area contributed by atoms with E-state index in [1.807, 2.05) is 37.3 Å². The molecule has 1 heterocycles. The Morgan fingerprint density at radius 1 is 1.29 bits per heavy atom. The standard InChI is InChI=1S/C17H18N2O2/c1-11-14-7-8-19-16(21)17(14,9-12(10-18)15(11)20)13-5-3-2-4-6-13/h2-6,11-12,14H,7-9H2,1H3,(H,19,21)/t11-,12?,14-,17?/m0/s1. The molecule has 1 saturated heterocycles. The van der Waals surface area contributed by atoms with Gasteiger partial charge in [-0.15, -0.1) is 0 Å². The maximum atomic E-state index is 12.7. The van der Waals surface area contributed by atoms with Crippen LogP contribution in [0.25, 0.3) is 0 Å². The summed E-state index contributed by atoms with van der Waals surface area (Å²) in [6.45, 7) is 2.47. The third-order valence-electron chi connectivity index (χ3n) is 5.15. The van der Waals surface area contributed by atoms with Crippen molar-refractivity contribution in [2.24, 2.45) is 17.8 Å². The number of rotatable bonds is 1. The molecule has 2 unspecified atom stereocenters. The molecule has 0 bridgehead atoms. The van der Waals surface area contributed by atoms with Crippen molar-refractivity contribution in [3.05, 3.63) is 35.9 Å². The van der Waals surface area contributed by atoms with Crippen LogP contribution in [0.5, 0.6) is 0 Å². The fourth-order valence-corrected chi connectivity index (χ4v) is 4.08. The highest BCUT2D eigenvalue weighted by Crippen LogP contribution is 2.50. The first-order chi connectivity index (χ1) is 10.1. The van der Waals surface area contributed by atoms with Gasteiger partial charge in [0.25, 0.3) is 0 Å². The normalized spacial score (nSPS) is 35.5. The molecule has 4 atom stereocenters. The highest BCUT2D eigenvalue weighted by atomic mass is 16.2. The Labute approximate surface area is 124 Å². The largest absolute Gasteiger partial charge is 0.355 e. The van der Waals surface area contributed by atoms with Gasteiger partial charge in [0.05, 0.1) is 11.5 Å². The number of nitrogens with zero attached hydrogens (tertiary/aromatic N) is 1. The van der Waals surface area contributed by atoms with E-state index in [1.54, 1.807) is 0 Å². The highest BCUT2D eigenvalue weighted by Gasteiger charge is 2.57. The molecular weight excluding hydrogens is 264 g/mol. The monoisotopic (exact) mass is 282 g/mol. The Hall–Kier alpha value is -2.15. The van der Waals surface area contributed by atoms with Gasteiger partial charge in [-0.2, -0.15) is 5.26 Å². The van der Waals surface area contributed by atoms with Crippen LogP contribution in [0.15, 0.2) is 30.3 Å². The summed E-state index contributed by atoms with van der Waals surface area (Å²) >= 11 is 0. The van der Waals surface area contributed by atoms with Crippen LogP contribution in [0.1, 0.15) is 25.3 Å². The lowest BCUT2D eigenvalue weighted by atomic mass is 9.53. The fraction of sp³-hybridized carbons (Fsp3) is 0.471. The first-order valence-corrected chi connectivity index (χ1v) is 7.38. The Morgan fingerprint density at radius 3 is 2.67 bits per heavy atom. The molecule has 3 rings (SSSR count). The lowest BCUT2D eigenvalue weighted by Gasteiger charge is -2.49. The molecule has 0 spiro atoms. The van der Waals surface area contributed by atoms with E-state index in [0.29, 0.717) is 13.0 Å². The van der Waals surface area contributed by atoms with Crippen LogP contribution in [-0.2, 0) is 15.0 Å². The van der Waals surface area contributed by atoms with Crippen LogP contribution in [-0.4, -0.2) is 18.2 Å². The summed E-state index contributed by atoms with van der Waals surface area (Å²) in [5.41, 5.74) is 0.180. The average molecular weight is 282 g/mol. The van der Waals surface area contributed by atoms with Gasteiger partial charge in [-0.1, -0.05) is 37.3 Å². The third kappa shape index (κ3) is 1.88. The van der Waals surface area contributed by atoms with E-state index in [0.717, 1.165) is 12.0 Å². The van der Waals surface area contributed by atoms with E-state index < -0.39 is 11.3 Å². The Balaban J connectivity index is 2.17. The van der Waals surface area contributed by atoms with Crippen LogP contribution < -0.4 is 5.32 Å². The Kier molecular flexibility index (Phi) is 3.29. The summed E-state index contributed by atoms with van der Waals surface area (Å²) in [5, 5.41) is 12.3. The molecule has 1 aliphatic carbocycles. The number of carbonyl (C=O) groups excluding carboxylic acids is 2. The van der Waals surface area contributed by atoms with Gasteiger partial charge in [-0.25, -0.2) is 0 Å². The van der Waals surface area contributed by atoms with Crippen LogP contribution >= 0.6 is 0 Å². The van der Waals surface area contributed by atoms with Gasteiger partial charge in [0.15, 0.2) is 5.78 Å². The van der Waals surface area contributed by atoms with Crippen molar-refractivity contribution in [2.45, 2.75) is 25.2 Å². The quantitative estimate of drug-likeness (QED) is 0.854. The topological polar surface area (TPSA) is 70.0 Å². The van der Waals surface area contributed by atoms with Crippen LogP contribution in [0.3, 0.4) is 0 Å². The molecule has 108 valence electrons. The zero-order chi connectivity index (χ0) is 15.0. The van der Waals surface area contributed by atoms with E-state index in [1.165, 1.54) is 0 Å². The molecule has 0 aromatic heterocycles. The predicted octanol–water partition coefficient (Wildman–Crippen LogP) is 1.81. The second-order valence-corrected chi connectivity index (χ2v) is 6.07. The number of benzene rings is 1. The average Bonchev–Trinajstić information content (AvgIpc) is 2.52. The second kappa shape index (κ2) is 5.00. The molecule has 2 fully saturated rings. The molecule has 1 saturated carbocycles. The van der Waals surface area contributed by atoms with E-state index in [2.05, 4.69) is 11.4 Å². The Bertz CT molecular complexity index is 619. The summed E-state index contributed by atoms with van der Waals surface area (Å²) in [6.07, 6.45) is 1.08. The van der Waals surface area contributed by atoms with Gasteiger partial charge >= 0.3 is 0 Å². The molecule has 21 heavy (non-hydrogen) atoms. The van der Waals surface area contributed by atoms with E-state index in [9.17, 15) is 14.9 Å². The summed E-state index contributed by atoms with van der Waals surface area (Å²) < 4.78 is 0. The number of amides is 1. The van der Waals surface area contributed by atoms with Crippen molar-refractivity contribution in [2.75, 3.05) is 6.54 Å². The minimum Gasteiger partial charge on any atom is -0.355 e. The smallest absolute Gasteiger partial charge is 0.231 e. The van der Waals surface area contributed by atoms with Gasteiger partial charge < -0.3 is 5.32 Å². The molecule has 1 N–H and O–H groups in total. The summed E-state index contributed by atoms with van der Waals surface area (Å²) in [6, 6.07) is 11.7. The van der Waals surface area contributed by atoms with Gasteiger partial charge in [0.2, 0.25) is 5.91 Å². The minimum atomic E-state index is -0.743. The van der Waals surface area contributed by atoms with Gasteiger partial charge in [-0.3, -0.25) is 9.59 Å². The third-order valence-corrected chi connectivity index (χ3v) is 5.15. The maximum absolute atomic E-state index is 12.7. The van der Waals surface area contributed by atoms with E-state index in [-0.39, 0.29) is 23.5 Å². The van der Waals surface area contributed by atoms with Crippen LogP contribution in [0.2, 0.25) is 0 Å². The molecule has 1 aromatic rings. The molecular formula is C17H18N2O2. The van der Waals surface area contributed by atoms with Crippen molar-refractivity contribution in [3.63, 3.8) is 0 Å². The summed E-state index contributed by atoms with van der Waals surface area (Å²) in [4.78, 5) is 25.1. The van der Waals surface area contributed by atoms with Crippen LogP contribution in [0, 0.1) is 29.1 Å². The minimum absolute atomic E-state index is 0.0104. The number of carbonyl (C=O) groups is 2. The molecule has 1 aliphatic heterocycles. The summed E-state index contributed by atoms with van der Waals surface area (Å²) in [7, 11) is 0. The van der Waals surface area contributed by atoms with Crippen molar-refractivity contribution in [3.8, 4) is 6.07 Å². The zero-order valence-corrected chi connectivity index (χ0v) is 12.0. The first-order valence-electron chi connectivity index (χ1n) is 7.38. The SMILES string of the molecule is C[C@@H]1C(=O)C(C#N)CC2(c3ccccc3)C(=O)NCC[C@@H]12. The van der Waals surface area contributed by atoms with E-state index >= 15 is 0 Å². The lowest BCUT2D eigenvalue weighted by molar-refractivity contribution is -0.143. The second-order valence-electron chi connectivity index (χ2n) is 6.07. The molecule has 1 amide bonds. The van der Waals surface area contributed by atoms with Gasteiger partial charge in [0, 0.05) is 12.5 Å². The molecule has 4 nitrogen and oxygen atoms in total. The number of Topliss-reactive ketones (excluding diaryl/α,β-unsaturated/α-hetero) is 1. The van der Waals surface area contributed by atoms with Crippen molar-refractivity contribution < 1.29 is 9.59 Å². The number of fused-ring (bicyclic) bond motifs is 1. The molecule has 1 aromatic carbocycles. The number of ketones is 1. The van der Waals surface area contributed by atoms with Gasteiger partial charge in [0.1, 0.15) is 5.92 Å². The van der Waals surface area contributed by atoms with Gasteiger partial charge in [-0.05, 0) is 24.3 Å². The molecule has 4 heteroatoms. The summed E-state index contributed by atoms with van der Waals surface area (Å²) in [5.74, 6) is -1.02. The fourth-order valence-electron chi connectivity index (χ4n) is 4.08. The molecule has 2 aliphatic rings. The number of hydrogen-bond acceptors (Lipinski definition) is 3. The van der Waals surface area contributed by atoms with Crippen molar-refractivity contribution >= 4 is 11.7 Å². The predicted molar refractivity (Wildman–Crippen MR) is 77.1 cm³/mol. The number of nitrogens with one attached hydrogen (secondary N) is 1. The van der Waals surface area contributed by atoms with E-state index in [4.69, 9.17) is 0 Å². The first kappa shape index (κ1) is 13.8. The Morgan fingerprint density at radius 2 is 2.00 bits per heavy atom. The number of nitriles is 1. The van der Waals surface area contributed by atoms with Crippen molar-refractivity contribution in [1.29, 1.82) is 5.26 Å². The lowest BCUT2D eigenvalue weighted by Crippen LogP contribution is -2.61. The highest BCUT2D eigenvalue weighted by molar-refractivity contribution is 5.95. The maximum Gasteiger partial charge on any atom is 0.231 e. The number of hydrogen-bond donors (Lipinski definition) is 1. The number of piperidine rings is 1. The van der Waals surface area contributed by atoms with Crippen LogP contribution in [0.4, 0.5) is 0 Å².